The first-order valence-electron chi connectivity index (χ1n) is 5.75. The maximum absolute atomic E-state index is 13.3. The van der Waals surface area contributed by atoms with Crippen LogP contribution in [-0.4, -0.2) is 10.1 Å². The molecule has 106 valence electrons. The van der Waals surface area contributed by atoms with Crippen LogP contribution >= 0.6 is 0 Å². The molecule has 0 aliphatic carbocycles. The van der Waals surface area contributed by atoms with E-state index in [9.17, 15) is 22.7 Å². The predicted molar refractivity (Wildman–Crippen MR) is 64.4 cm³/mol. The Morgan fingerprint density at radius 2 is 1.90 bits per heavy atom. The summed E-state index contributed by atoms with van der Waals surface area (Å²) < 4.78 is 51.9. The molecule has 0 aliphatic rings. The molecule has 1 heterocycles. The molecule has 1 aromatic carbocycles. The topological polar surface area (TPSA) is 33.1 Å². The molecule has 0 fully saturated rings. The summed E-state index contributed by atoms with van der Waals surface area (Å²) in [6.45, 7) is 1.59. The first-order valence-corrected chi connectivity index (χ1v) is 5.75. The van der Waals surface area contributed by atoms with Crippen LogP contribution < -0.4 is 0 Å². The van der Waals surface area contributed by atoms with Crippen LogP contribution in [0.5, 0.6) is 0 Å². The maximum atomic E-state index is 13.3. The smallest absolute Gasteiger partial charge is 0.384 e. The summed E-state index contributed by atoms with van der Waals surface area (Å²) in [5, 5.41) is 10.1. The number of aliphatic hydroxyl groups is 1. The third kappa shape index (κ3) is 2.96. The van der Waals surface area contributed by atoms with Crippen molar-refractivity contribution in [3.8, 4) is 0 Å². The highest BCUT2D eigenvalue weighted by Gasteiger charge is 2.35. The van der Waals surface area contributed by atoms with Crippen molar-refractivity contribution in [1.29, 1.82) is 0 Å². The van der Waals surface area contributed by atoms with Gasteiger partial charge in [0, 0.05) is 18.0 Å². The number of aromatic nitrogens is 1. The molecule has 2 rings (SSSR count). The average molecular weight is 285 g/mol. The van der Waals surface area contributed by atoms with Gasteiger partial charge in [0.25, 0.3) is 0 Å². The van der Waals surface area contributed by atoms with E-state index in [1.54, 1.807) is 6.92 Å². The van der Waals surface area contributed by atoms with Gasteiger partial charge >= 0.3 is 6.18 Å². The summed E-state index contributed by atoms with van der Waals surface area (Å²) in [6, 6.07) is 4.45. The minimum Gasteiger partial charge on any atom is -0.384 e. The van der Waals surface area contributed by atoms with Gasteiger partial charge in [-0.25, -0.2) is 4.39 Å². The molecular formula is C14H11F4NO. The van der Waals surface area contributed by atoms with E-state index in [0.29, 0.717) is 5.56 Å². The van der Waals surface area contributed by atoms with Gasteiger partial charge in [0.05, 0.1) is 5.56 Å². The molecular weight excluding hydrogens is 274 g/mol. The van der Waals surface area contributed by atoms with Crippen molar-refractivity contribution in [3.05, 3.63) is 64.7 Å². The standard InChI is InChI=1S/C14H11F4NO/c1-8-4-9(6-10(15)5-8)13(20)11-7-19-3-2-12(11)14(16,17)18/h2-7,13,20H,1H3. The zero-order chi connectivity index (χ0) is 14.9. The number of alkyl halides is 3. The summed E-state index contributed by atoms with van der Waals surface area (Å²) >= 11 is 0. The van der Waals surface area contributed by atoms with Gasteiger partial charge in [0.1, 0.15) is 11.9 Å². The minimum absolute atomic E-state index is 0.0565. The molecule has 2 aromatic rings. The second kappa shape index (κ2) is 5.20. The Hall–Kier alpha value is -1.95. The van der Waals surface area contributed by atoms with Gasteiger partial charge in [-0.1, -0.05) is 6.07 Å². The molecule has 1 N–H and O–H groups in total. The molecule has 1 unspecified atom stereocenters. The fourth-order valence-electron chi connectivity index (χ4n) is 1.98. The fraction of sp³-hybridized carbons (Fsp3) is 0.214. The van der Waals surface area contributed by atoms with Crippen molar-refractivity contribution in [2.75, 3.05) is 0 Å². The van der Waals surface area contributed by atoms with Gasteiger partial charge in [-0.05, 0) is 36.2 Å². The van der Waals surface area contributed by atoms with Crippen LogP contribution in [0.2, 0.25) is 0 Å². The van der Waals surface area contributed by atoms with Crippen LogP contribution in [0.15, 0.2) is 36.7 Å². The molecule has 0 bridgehead atoms. The number of hydrogen-bond donors (Lipinski definition) is 1. The Morgan fingerprint density at radius 3 is 2.50 bits per heavy atom. The third-order valence-corrected chi connectivity index (χ3v) is 2.83. The molecule has 0 spiro atoms. The number of aryl methyl sites for hydroxylation is 1. The molecule has 0 saturated heterocycles. The quantitative estimate of drug-likeness (QED) is 0.855. The van der Waals surface area contributed by atoms with Crippen molar-refractivity contribution in [2.24, 2.45) is 0 Å². The summed E-state index contributed by atoms with van der Waals surface area (Å²) in [6.07, 6.45) is -4.26. The average Bonchev–Trinajstić information content (AvgIpc) is 2.35. The SMILES string of the molecule is Cc1cc(F)cc(C(O)c2cnccc2C(F)(F)F)c1. The van der Waals surface area contributed by atoms with E-state index in [4.69, 9.17) is 0 Å². The van der Waals surface area contributed by atoms with Gasteiger partial charge < -0.3 is 5.11 Å². The number of aliphatic hydroxyl groups excluding tert-OH is 1. The molecule has 0 saturated carbocycles. The summed E-state index contributed by atoms with van der Waals surface area (Å²) in [5.74, 6) is -0.614. The molecule has 1 aromatic heterocycles. The van der Waals surface area contributed by atoms with Gasteiger partial charge in [0.15, 0.2) is 0 Å². The summed E-state index contributed by atoms with van der Waals surface area (Å²) in [4.78, 5) is 3.60. The highest BCUT2D eigenvalue weighted by atomic mass is 19.4. The molecule has 0 amide bonds. The van der Waals surface area contributed by atoms with Gasteiger partial charge in [-0.3, -0.25) is 4.98 Å². The number of hydrogen-bond acceptors (Lipinski definition) is 2. The highest BCUT2D eigenvalue weighted by Crippen LogP contribution is 2.36. The molecule has 0 aliphatic heterocycles. The van der Waals surface area contributed by atoms with E-state index in [-0.39, 0.29) is 5.56 Å². The Labute approximate surface area is 112 Å². The normalized spacial score (nSPS) is 13.3. The van der Waals surface area contributed by atoms with Crippen molar-refractivity contribution in [2.45, 2.75) is 19.2 Å². The molecule has 20 heavy (non-hydrogen) atoms. The number of rotatable bonds is 2. The van der Waals surface area contributed by atoms with E-state index in [0.717, 1.165) is 24.5 Å². The van der Waals surface area contributed by atoms with Crippen LogP contribution in [0.1, 0.15) is 28.4 Å². The predicted octanol–water partition coefficient (Wildman–Crippen LogP) is 3.63. The lowest BCUT2D eigenvalue weighted by atomic mass is 9.97. The van der Waals surface area contributed by atoms with Crippen LogP contribution in [0.25, 0.3) is 0 Å². The zero-order valence-electron chi connectivity index (χ0n) is 10.4. The zero-order valence-corrected chi connectivity index (χ0v) is 10.4. The van der Waals surface area contributed by atoms with Crippen LogP contribution in [0, 0.1) is 12.7 Å². The van der Waals surface area contributed by atoms with Crippen LogP contribution in [0.3, 0.4) is 0 Å². The summed E-state index contributed by atoms with van der Waals surface area (Å²) in [7, 11) is 0. The van der Waals surface area contributed by atoms with Crippen LogP contribution in [0.4, 0.5) is 17.6 Å². The van der Waals surface area contributed by atoms with Crippen molar-refractivity contribution in [3.63, 3.8) is 0 Å². The van der Waals surface area contributed by atoms with Crippen molar-refractivity contribution < 1.29 is 22.7 Å². The second-order valence-electron chi connectivity index (χ2n) is 4.43. The minimum atomic E-state index is -4.61. The van der Waals surface area contributed by atoms with E-state index in [1.165, 1.54) is 12.1 Å². The van der Waals surface area contributed by atoms with Crippen molar-refractivity contribution in [1.82, 2.24) is 4.98 Å². The van der Waals surface area contributed by atoms with Gasteiger partial charge in [-0.2, -0.15) is 13.2 Å². The lowest BCUT2D eigenvalue weighted by Gasteiger charge is -2.17. The maximum Gasteiger partial charge on any atom is 0.416 e. The Balaban J connectivity index is 2.51. The Kier molecular flexibility index (Phi) is 3.76. The largest absolute Gasteiger partial charge is 0.416 e. The van der Waals surface area contributed by atoms with E-state index in [1.807, 2.05) is 0 Å². The second-order valence-corrected chi connectivity index (χ2v) is 4.43. The van der Waals surface area contributed by atoms with E-state index in [2.05, 4.69) is 4.98 Å². The molecule has 1 atom stereocenters. The van der Waals surface area contributed by atoms with Crippen LogP contribution in [-0.2, 0) is 6.18 Å². The third-order valence-electron chi connectivity index (χ3n) is 2.83. The van der Waals surface area contributed by atoms with Crippen molar-refractivity contribution >= 4 is 0 Å². The number of halogens is 4. The number of nitrogens with zero attached hydrogens (tertiary/aromatic N) is 1. The molecule has 6 heteroatoms. The van der Waals surface area contributed by atoms with E-state index < -0.39 is 29.2 Å². The first-order chi connectivity index (χ1) is 9.29. The lowest BCUT2D eigenvalue weighted by molar-refractivity contribution is -0.139. The van der Waals surface area contributed by atoms with Gasteiger partial charge in [-0.15, -0.1) is 0 Å². The fourth-order valence-corrected chi connectivity index (χ4v) is 1.98. The number of pyridine rings is 1. The molecule has 0 radical (unpaired) electrons. The Morgan fingerprint density at radius 1 is 1.20 bits per heavy atom. The monoisotopic (exact) mass is 285 g/mol. The lowest BCUT2D eigenvalue weighted by Crippen LogP contribution is -2.13. The van der Waals surface area contributed by atoms with E-state index >= 15 is 0 Å². The Bertz CT molecular complexity index is 605. The molecule has 2 nitrogen and oxygen atoms in total. The first kappa shape index (κ1) is 14.5. The van der Waals surface area contributed by atoms with Gasteiger partial charge in [0.2, 0.25) is 0 Å². The highest BCUT2D eigenvalue weighted by molar-refractivity contribution is 5.37. The summed E-state index contributed by atoms with van der Waals surface area (Å²) in [5.41, 5.74) is -0.815. The number of benzene rings is 1.